The van der Waals surface area contributed by atoms with Crippen molar-refractivity contribution in [3.8, 4) is 0 Å². The first-order valence-corrected chi connectivity index (χ1v) is 5.09. The molecule has 3 saturated carbocycles. The van der Waals surface area contributed by atoms with Gasteiger partial charge in [-0.2, -0.15) is 0 Å². The molecule has 11 heavy (non-hydrogen) atoms. The van der Waals surface area contributed by atoms with Gasteiger partial charge in [0.05, 0.1) is 0 Å². The van der Waals surface area contributed by atoms with Crippen LogP contribution in [0.3, 0.4) is 0 Å². The second-order valence-electron chi connectivity index (χ2n) is 4.90. The summed E-state index contributed by atoms with van der Waals surface area (Å²) >= 11 is 0. The van der Waals surface area contributed by atoms with Crippen molar-refractivity contribution in [2.45, 2.75) is 44.1 Å². The molecule has 1 nitrogen and oxygen atoms in total. The van der Waals surface area contributed by atoms with Crippen LogP contribution in [-0.2, 0) is 0 Å². The lowest BCUT2D eigenvalue weighted by Gasteiger charge is -2.13. The average Bonchev–Trinajstić information content (AvgIpc) is 2.82. The van der Waals surface area contributed by atoms with E-state index in [1.54, 1.807) is 0 Å². The minimum atomic E-state index is 0.347. The molecule has 62 valence electrons. The van der Waals surface area contributed by atoms with Gasteiger partial charge in [0, 0.05) is 5.54 Å². The van der Waals surface area contributed by atoms with Crippen LogP contribution in [0.1, 0.15) is 38.5 Å². The molecule has 1 heteroatoms. The Hall–Kier alpha value is -0.0400. The Balaban J connectivity index is 1.68. The molecule has 0 amide bonds. The summed E-state index contributed by atoms with van der Waals surface area (Å²) < 4.78 is 0. The second-order valence-corrected chi connectivity index (χ2v) is 4.90. The van der Waals surface area contributed by atoms with Crippen LogP contribution in [0.15, 0.2) is 0 Å². The van der Waals surface area contributed by atoms with Crippen molar-refractivity contribution in [2.75, 3.05) is 0 Å². The summed E-state index contributed by atoms with van der Waals surface area (Å²) in [6.07, 6.45) is 8.64. The van der Waals surface area contributed by atoms with Crippen LogP contribution < -0.4 is 5.73 Å². The topological polar surface area (TPSA) is 26.0 Å². The van der Waals surface area contributed by atoms with Crippen LogP contribution in [0.5, 0.6) is 0 Å². The highest BCUT2D eigenvalue weighted by Gasteiger charge is 2.64. The molecule has 0 radical (unpaired) electrons. The van der Waals surface area contributed by atoms with Crippen molar-refractivity contribution in [3.05, 3.63) is 0 Å². The van der Waals surface area contributed by atoms with E-state index < -0.39 is 0 Å². The molecule has 3 aliphatic carbocycles. The van der Waals surface area contributed by atoms with E-state index in [9.17, 15) is 0 Å². The van der Waals surface area contributed by atoms with E-state index >= 15 is 0 Å². The fourth-order valence-electron chi connectivity index (χ4n) is 3.25. The van der Waals surface area contributed by atoms with Crippen LogP contribution in [0, 0.1) is 17.8 Å². The number of hydrogen-bond donors (Lipinski definition) is 1. The zero-order chi connectivity index (χ0) is 7.47. The third-order valence-electron chi connectivity index (χ3n) is 4.13. The predicted octanol–water partition coefficient (Wildman–Crippen LogP) is 1.91. The molecular weight excluding hydrogens is 134 g/mol. The quantitative estimate of drug-likeness (QED) is 0.641. The Morgan fingerprint density at radius 2 is 1.73 bits per heavy atom. The molecule has 0 saturated heterocycles. The zero-order valence-electron chi connectivity index (χ0n) is 7.05. The van der Waals surface area contributed by atoms with Gasteiger partial charge in [0.2, 0.25) is 0 Å². The first-order valence-electron chi connectivity index (χ1n) is 5.09. The SMILES string of the molecule is NC1(CC2CC2)C2CCCC21. The van der Waals surface area contributed by atoms with Gasteiger partial charge in [0.25, 0.3) is 0 Å². The molecule has 3 rings (SSSR count). The zero-order valence-corrected chi connectivity index (χ0v) is 7.05. The highest BCUT2D eigenvalue weighted by molar-refractivity contribution is 5.19. The monoisotopic (exact) mass is 151 g/mol. The van der Waals surface area contributed by atoms with Crippen LogP contribution in [0.25, 0.3) is 0 Å². The molecule has 0 aliphatic heterocycles. The predicted molar refractivity (Wildman–Crippen MR) is 45.1 cm³/mol. The van der Waals surface area contributed by atoms with Crippen molar-refractivity contribution in [3.63, 3.8) is 0 Å². The third-order valence-corrected chi connectivity index (χ3v) is 4.13. The fourth-order valence-corrected chi connectivity index (χ4v) is 3.25. The summed E-state index contributed by atoms with van der Waals surface area (Å²) in [4.78, 5) is 0. The van der Waals surface area contributed by atoms with Gasteiger partial charge < -0.3 is 5.73 Å². The minimum Gasteiger partial charge on any atom is -0.325 e. The van der Waals surface area contributed by atoms with Gasteiger partial charge in [0.15, 0.2) is 0 Å². The Bertz CT molecular complexity index is 173. The minimum absolute atomic E-state index is 0.347. The largest absolute Gasteiger partial charge is 0.325 e. The highest BCUT2D eigenvalue weighted by Crippen LogP contribution is 2.63. The maximum atomic E-state index is 6.34. The Morgan fingerprint density at radius 1 is 1.09 bits per heavy atom. The maximum Gasteiger partial charge on any atom is 0.0220 e. The van der Waals surface area contributed by atoms with Crippen LogP contribution in [0.4, 0.5) is 0 Å². The van der Waals surface area contributed by atoms with Crippen LogP contribution in [0.2, 0.25) is 0 Å². The molecule has 0 spiro atoms. The molecule has 3 aliphatic rings. The van der Waals surface area contributed by atoms with E-state index in [2.05, 4.69) is 0 Å². The Labute approximate surface area is 68.3 Å². The summed E-state index contributed by atoms with van der Waals surface area (Å²) in [5, 5.41) is 0. The molecule has 0 aromatic carbocycles. The summed E-state index contributed by atoms with van der Waals surface area (Å²) in [5.74, 6) is 2.93. The summed E-state index contributed by atoms with van der Waals surface area (Å²) in [6.45, 7) is 0. The first-order chi connectivity index (χ1) is 5.31. The molecule has 3 fully saturated rings. The van der Waals surface area contributed by atoms with Crippen molar-refractivity contribution in [1.82, 2.24) is 0 Å². The van der Waals surface area contributed by atoms with Crippen molar-refractivity contribution < 1.29 is 0 Å². The number of fused-ring (bicyclic) bond motifs is 1. The van der Waals surface area contributed by atoms with E-state index in [1.807, 2.05) is 0 Å². The number of nitrogens with two attached hydrogens (primary N) is 1. The number of rotatable bonds is 2. The second kappa shape index (κ2) is 1.82. The molecule has 0 bridgehead atoms. The molecule has 0 aromatic heterocycles. The van der Waals surface area contributed by atoms with Crippen molar-refractivity contribution in [1.29, 1.82) is 0 Å². The molecule has 2 atom stereocenters. The lowest BCUT2D eigenvalue weighted by atomic mass is 10.00. The van der Waals surface area contributed by atoms with Gasteiger partial charge >= 0.3 is 0 Å². The van der Waals surface area contributed by atoms with Gasteiger partial charge in [-0.05, 0) is 37.0 Å². The van der Waals surface area contributed by atoms with Gasteiger partial charge in [-0.25, -0.2) is 0 Å². The Kier molecular flexibility index (Phi) is 1.07. The molecule has 0 heterocycles. The van der Waals surface area contributed by atoms with E-state index in [1.165, 1.54) is 38.5 Å². The standard InChI is InChI=1S/C10H17N/c11-10(6-7-4-5-7)8-2-1-3-9(8)10/h7-9H,1-6,11H2. The van der Waals surface area contributed by atoms with E-state index in [0.717, 1.165) is 17.8 Å². The molecule has 2 unspecified atom stereocenters. The van der Waals surface area contributed by atoms with E-state index in [4.69, 9.17) is 5.73 Å². The van der Waals surface area contributed by atoms with Crippen molar-refractivity contribution in [2.24, 2.45) is 23.5 Å². The van der Waals surface area contributed by atoms with Crippen molar-refractivity contribution >= 4 is 0 Å². The van der Waals surface area contributed by atoms with E-state index in [0.29, 0.717) is 5.54 Å². The summed E-state index contributed by atoms with van der Waals surface area (Å²) in [5.41, 5.74) is 6.68. The van der Waals surface area contributed by atoms with Gasteiger partial charge in [0.1, 0.15) is 0 Å². The summed E-state index contributed by atoms with van der Waals surface area (Å²) in [7, 11) is 0. The lowest BCUT2D eigenvalue weighted by molar-refractivity contribution is 0.447. The average molecular weight is 151 g/mol. The highest BCUT2D eigenvalue weighted by atomic mass is 14.9. The molecule has 2 N–H and O–H groups in total. The normalized spacial score (nSPS) is 54.3. The first kappa shape index (κ1) is 6.47. The van der Waals surface area contributed by atoms with Gasteiger partial charge in [-0.15, -0.1) is 0 Å². The lowest BCUT2D eigenvalue weighted by Crippen LogP contribution is -2.29. The maximum absolute atomic E-state index is 6.34. The number of hydrogen-bond acceptors (Lipinski definition) is 1. The smallest absolute Gasteiger partial charge is 0.0220 e. The Morgan fingerprint density at radius 3 is 2.27 bits per heavy atom. The van der Waals surface area contributed by atoms with Crippen LogP contribution in [-0.4, -0.2) is 5.54 Å². The summed E-state index contributed by atoms with van der Waals surface area (Å²) in [6, 6.07) is 0. The van der Waals surface area contributed by atoms with Crippen LogP contribution >= 0.6 is 0 Å². The third kappa shape index (κ3) is 0.807. The fraction of sp³-hybridized carbons (Fsp3) is 1.00. The molecule has 0 aromatic rings. The van der Waals surface area contributed by atoms with E-state index in [-0.39, 0.29) is 0 Å². The van der Waals surface area contributed by atoms with Gasteiger partial charge in [-0.1, -0.05) is 19.3 Å². The molecular formula is C10H17N. The van der Waals surface area contributed by atoms with Gasteiger partial charge in [-0.3, -0.25) is 0 Å².